The number of amidine groups is 1. The molecule has 0 spiro atoms. The van der Waals surface area contributed by atoms with Crippen molar-refractivity contribution in [3.63, 3.8) is 0 Å². The highest BCUT2D eigenvalue weighted by molar-refractivity contribution is 8.14. The zero-order valence-corrected chi connectivity index (χ0v) is 10.4. The molecule has 0 unspecified atom stereocenters. The predicted molar refractivity (Wildman–Crippen MR) is 65.1 cm³/mol. The van der Waals surface area contributed by atoms with Gasteiger partial charge in [-0.3, -0.25) is 4.99 Å². The van der Waals surface area contributed by atoms with Crippen LogP contribution in [0.1, 0.15) is 20.3 Å². The number of rotatable bonds is 4. The summed E-state index contributed by atoms with van der Waals surface area (Å²) in [5.41, 5.74) is 0.227. The minimum absolute atomic E-state index is 0.227. The molecule has 0 saturated carbocycles. The van der Waals surface area contributed by atoms with Gasteiger partial charge in [-0.2, -0.15) is 0 Å². The van der Waals surface area contributed by atoms with E-state index in [-0.39, 0.29) is 5.54 Å². The summed E-state index contributed by atoms with van der Waals surface area (Å²) in [5, 5.41) is 4.54. The van der Waals surface area contributed by atoms with Gasteiger partial charge in [0.25, 0.3) is 0 Å². The molecular weight excluding hydrogens is 194 g/mol. The van der Waals surface area contributed by atoms with Gasteiger partial charge in [-0.05, 0) is 40.9 Å². The molecule has 1 heterocycles. The van der Waals surface area contributed by atoms with Gasteiger partial charge >= 0.3 is 0 Å². The molecule has 0 atom stereocenters. The highest BCUT2D eigenvalue weighted by atomic mass is 32.2. The molecule has 0 radical (unpaired) electrons. The van der Waals surface area contributed by atoms with Gasteiger partial charge in [0.05, 0.1) is 0 Å². The lowest BCUT2D eigenvalue weighted by atomic mass is 10.1. The van der Waals surface area contributed by atoms with Gasteiger partial charge in [-0.25, -0.2) is 0 Å². The SMILES string of the molecule is CN(C)CCCN=C1NC(C)(C)CS1. The quantitative estimate of drug-likeness (QED) is 0.719. The number of nitrogens with one attached hydrogen (secondary N) is 1. The Hall–Kier alpha value is -0.220. The fraction of sp³-hybridized carbons (Fsp3) is 0.900. The molecule has 0 amide bonds. The van der Waals surface area contributed by atoms with Gasteiger partial charge < -0.3 is 10.2 Å². The van der Waals surface area contributed by atoms with E-state index in [4.69, 9.17) is 0 Å². The molecule has 0 aromatic heterocycles. The zero-order valence-electron chi connectivity index (χ0n) is 9.63. The van der Waals surface area contributed by atoms with Crippen molar-refractivity contribution in [3.8, 4) is 0 Å². The van der Waals surface area contributed by atoms with E-state index in [1.807, 2.05) is 11.8 Å². The minimum atomic E-state index is 0.227. The number of nitrogens with zero attached hydrogens (tertiary/aromatic N) is 2. The lowest BCUT2D eigenvalue weighted by Crippen LogP contribution is -2.36. The van der Waals surface area contributed by atoms with Crippen molar-refractivity contribution in [2.75, 3.05) is 32.9 Å². The zero-order chi connectivity index (χ0) is 10.6. The third-order valence-electron chi connectivity index (χ3n) is 2.03. The van der Waals surface area contributed by atoms with E-state index >= 15 is 0 Å². The highest BCUT2D eigenvalue weighted by Crippen LogP contribution is 2.21. The molecule has 1 saturated heterocycles. The summed E-state index contributed by atoms with van der Waals surface area (Å²) >= 11 is 1.83. The van der Waals surface area contributed by atoms with Crippen LogP contribution in [0, 0.1) is 0 Å². The molecule has 82 valence electrons. The number of hydrogen-bond acceptors (Lipinski definition) is 3. The second-order valence-electron chi connectivity index (χ2n) is 4.64. The summed E-state index contributed by atoms with van der Waals surface area (Å²) in [5.74, 6) is 1.12. The van der Waals surface area contributed by atoms with Crippen molar-refractivity contribution in [1.82, 2.24) is 10.2 Å². The van der Waals surface area contributed by atoms with Crippen LogP contribution in [0.5, 0.6) is 0 Å². The molecule has 1 fully saturated rings. The van der Waals surface area contributed by atoms with Crippen LogP contribution in [0.25, 0.3) is 0 Å². The maximum absolute atomic E-state index is 4.53. The predicted octanol–water partition coefficient (Wildman–Crippen LogP) is 1.41. The van der Waals surface area contributed by atoms with E-state index in [1.54, 1.807) is 0 Å². The standard InChI is InChI=1S/C10H21N3S/c1-10(2)8-14-9(12-10)11-6-5-7-13(3)4/h5-8H2,1-4H3,(H,11,12). The Morgan fingerprint density at radius 1 is 1.50 bits per heavy atom. The van der Waals surface area contributed by atoms with E-state index in [9.17, 15) is 0 Å². The summed E-state index contributed by atoms with van der Waals surface area (Å²) in [6.45, 7) is 6.47. The van der Waals surface area contributed by atoms with Gasteiger partial charge in [0.1, 0.15) is 0 Å². The number of aliphatic imine (C=N–C) groups is 1. The topological polar surface area (TPSA) is 27.6 Å². The molecule has 3 nitrogen and oxygen atoms in total. The fourth-order valence-electron chi connectivity index (χ4n) is 1.26. The van der Waals surface area contributed by atoms with Crippen LogP contribution in [0.2, 0.25) is 0 Å². The number of hydrogen-bond donors (Lipinski definition) is 1. The van der Waals surface area contributed by atoms with E-state index in [2.05, 4.69) is 43.2 Å². The lowest BCUT2D eigenvalue weighted by molar-refractivity contribution is 0.403. The lowest BCUT2D eigenvalue weighted by Gasteiger charge is -2.15. The largest absolute Gasteiger partial charge is 0.359 e. The second-order valence-corrected chi connectivity index (χ2v) is 5.61. The average molecular weight is 215 g/mol. The van der Waals surface area contributed by atoms with Gasteiger partial charge in [-0.15, -0.1) is 0 Å². The second kappa shape index (κ2) is 5.03. The Morgan fingerprint density at radius 2 is 2.21 bits per heavy atom. The Labute approximate surface area is 91.3 Å². The first-order chi connectivity index (χ1) is 6.49. The van der Waals surface area contributed by atoms with Crippen LogP contribution >= 0.6 is 11.8 Å². The first-order valence-corrected chi connectivity index (χ1v) is 6.08. The summed E-state index contributed by atoms with van der Waals surface area (Å²) in [6, 6.07) is 0. The normalized spacial score (nSPS) is 23.1. The van der Waals surface area contributed by atoms with Crippen molar-refractivity contribution in [2.24, 2.45) is 4.99 Å². The smallest absolute Gasteiger partial charge is 0.157 e. The molecule has 1 rings (SSSR count). The van der Waals surface area contributed by atoms with Crippen molar-refractivity contribution < 1.29 is 0 Å². The molecule has 0 aliphatic carbocycles. The summed E-state index contributed by atoms with van der Waals surface area (Å²) < 4.78 is 0. The first-order valence-electron chi connectivity index (χ1n) is 5.10. The Morgan fingerprint density at radius 3 is 2.71 bits per heavy atom. The van der Waals surface area contributed by atoms with Crippen molar-refractivity contribution in [1.29, 1.82) is 0 Å². The van der Waals surface area contributed by atoms with Crippen LogP contribution in [0.15, 0.2) is 4.99 Å². The monoisotopic (exact) mass is 215 g/mol. The highest BCUT2D eigenvalue weighted by Gasteiger charge is 2.26. The van der Waals surface area contributed by atoms with E-state index in [0.29, 0.717) is 0 Å². The summed E-state index contributed by atoms with van der Waals surface area (Å²) in [7, 11) is 4.19. The average Bonchev–Trinajstić information content (AvgIpc) is 2.39. The van der Waals surface area contributed by atoms with Crippen LogP contribution in [0.3, 0.4) is 0 Å². The van der Waals surface area contributed by atoms with Crippen molar-refractivity contribution in [2.45, 2.75) is 25.8 Å². The molecule has 0 aromatic rings. The molecule has 1 aliphatic heterocycles. The van der Waals surface area contributed by atoms with Crippen LogP contribution in [-0.4, -0.2) is 48.5 Å². The van der Waals surface area contributed by atoms with Gasteiger partial charge in [0.2, 0.25) is 0 Å². The van der Waals surface area contributed by atoms with Gasteiger partial charge in [0.15, 0.2) is 5.17 Å². The fourth-order valence-corrected chi connectivity index (χ4v) is 2.36. The number of thioether (sulfide) groups is 1. The molecule has 1 N–H and O–H groups in total. The molecule has 0 bridgehead atoms. The van der Waals surface area contributed by atoms with E-state index < -0.39 is 0 Å². The van der Waals surface area contributed by atoms with Gasteiger partial charge in [0, 0.05) is 17.8 Å². The van der Waals surface area contributed by atoms with Crippen molar-refractivity contribution >= 4 is 16.9 Å². The third-order valence-corrected chi connectivity index (χ3v) is 3.40. The molecule has 14 heavy (non-hydrogen) atoms. The van der Waals surface area contributed by atoms with Crippen LogP contribution < -0.4 is 5.32 Å². The van der Waals surface area contributed by atoms with Crippen LogP contribution in [-0.2, 0) is 0 Å². The third kappa shape index (κ3) is 4.33. The molecular formula is C10H21N3S. The Kier molecular flexibility index (Phi) is 4.26. The molecule has 4 heteroatoms. The van der Waals surface area contributed by atoms with Gasteiger partial charge in [-0.1, -0.05) is 11.8 Å². The summed E-state index contributed by atoms with van der Waals surface area (Å²) in [4.78, 5) is 6.73. The maximum atomic E-state index is 4.53. The Balaban J connectivity index is 2.20. The van der Waals surface area contributed by atoms with Crippen molar-refractivity contribution in [3.05, 3.63) is 0 Å². The Bertz CT molecular complexity index is 211. The minimum Gasteiger partial charge on any atom is -0.359 e. The first kappa shape index (κ1) is 11.9. The molecule has 0 aromatic carbocycles. The van der Waals surface area contributed by atoms with E-state index in [1.165, 1.54) is 0 Å². The molecule has 1 aliphatic rings. The maximum Gasteiger partial charge on any atom is 0.157 e. The summed E-state index contributed by atoms with van der Waals surface area (Å²) in [6.07, 6.45) is 1.14. The van der Waals surface area contributed by atoms with Crippen LogP contribution in [0.4, 0.5) is 0 Å². The van der Waals surface area contributed by atoms with E-state index in [0.717, 1.165) is 30.4 Å².